The fraction of sp³-hybridized carbons (Fsp3) is 0.500. The maximum atomic E-state index is 12.5. The van der Waals surface area contributed by atoms with Crippen LogP contribution in [0.4, 0.5) is 0 Å². The van der Waals surface area contributed by atoms with Crippen molar-refractivity contribution in [3.63, 3.8) is 0 Å². The van der Waals surface area contributed by atoms with Crippen LogP contribution in [0.2, 0.25) is 10.0 Å². The molecule has 1 unspecified atom stereocenters. The van der Waals surface area contributed by atoms with Gasteiger partial charge in [0.15, 0.2) is 17.1 Å². The number of rotatable bonds is 9. The summed E-state index contributed by atoms with van der Waals surface area (Å²) in [6.07, 6.45) is 8.39. The van der Waals surface area contributed by atoms with Crippen LogP contribution in [0, 0.1) is 0 Å². The number of hydrogen-bond acceptors (Lipinski definition) is 5. The van der Waals surface area contributed by atoms with Gasteiger partial charge in [-0.15, -0.1) is 16.8 Å². The molecule has 1 amide bonds. The van der Waals surface area contributed by atoms with Gasteiger partial charge in [0.25, 0.3) is 0 Å². The van der Waals surface area contributed by atoms with E-state index in [0.717, 1.165) is 12.8 Å². The van der Waals surface area contributed by atoms with Crippen LogP contribution in [0.25, 0.3) is 0 Å². The molecule has 9 heteroatoms. The molecule has 1 saturated carbocycles. The number of allylic oxidation sites excluding steroid dienone is 1. The van der Waals surface area contributed by atoms with Crippen LogP contribution < -0.4 is 10.1 Å². The monoisotopic (exact) mass is 482 g/mol. The SMILES string of the molecule is C=CCn1c(SCC(=O)NC2CCCCCC2)nnc1C(C)Oc1ccc(Cl)cc1Cl. The minimum Gasteiger partial charge on any atom is -0.481 e. The third kappa shape index (κ3) is 6.89. The lowest BCUT2D eigenvalue weighted by molar-refractivity contribution is -0.119. The number of hydrogen-bond donors (Lipinski definition) is 1. The van der Waals surface area contributed by atoms with Crippen molar-refractivity contribution in [3.05, 3.63) is 46.7 Å². The number of amides is 1. The molecule has 0 spiro atoms. The Kier molecular flexibility index (Phi) is 9.11. The highest BCUT2D eigenvalue weighted by atomic mass is 35.5. The van der Waals surface area contributed by atoms with Crippen molar-refractivity contribution in [1.82, 2.24) is 20.1 Å². The zero-order valence-corrected chi connectivity index (χ0v) is 20.0. The summed E-state index contributed by atoms with van der Waals surface area (Å²) in [6.45, 7) is 6.21. The first kappa shape index (κ1) is 24.0. The summed E-state index contributed by atoms with van der Waals surface area (Å²) in [5.74, 6) is 1.48. The second kappa shape index (κ2) is 11.8. The lowest BCUT2D eigenvalue weighted by Crippen LogP contribution is -2.35. The zero-order valence-electron chi connectivity index (χ0n) is 17.7. The lowest BCUT2D eigenvalue weighted by atomic mass is 10.1. The molecule has 2 aromatic rings. The van der Waals surface area contributed by atoms with Crippen LogP contribution in [0.1, 0.15) is 57.4 Å². The quantitative estimate of drug-likeness (QED) is 0.276. The molecule has 1 aliphatic carbocycles. The average molecular weight is 483 g/mol. The summed E-state index contributed by atoms with van der Waals surface area (Å²) in [7, 11) is 0. The fourth-order valence-electron chi connectivity index (χ4n) is 3.65. The van der Waals surface area contributed by atoms with Crippen LogP contribution >= 0.6 is 35.0 Å². The average Bonchev–Trinajstić information content (AvgIpc) is 2.95. The summed E-state index contributed by atoms with van der Waals surface area (Å²) in [5.41, 5.74) is 0. The number of nitrogens with one attached hydrogen (secondary N) is 1. The Morgan fingerprint density at radius 1 is 1.32 bits per heavy atom. The van der Waals surface area contributed by atoms with Gasteiger partial charge in [-0.05, 0) is 38.0 Å². The first-order valence-electron chi connectivity index (χ1n) is 10.6. The highest BCUT2D eigenvalue weighted by Crippen LogP contribution is 2.31. The molecule has 1 aromatic heterocycles. The van der Waals surface area contributed by atoms with Crippen molar-refractivity contribution >= 4 is 40.9 Å². The molecular weight excluding hydrogens is 455 g/mol. The van der Waals surface area contributed by atoms with Gasteiger partial charge in [0.05, 0.1) is 10.8 Å². The van der Waals surface area contributed by atoms with Crippen LogP contribution in [-0.2, 0) is 11.3 Å². The smallest absolute Gasteiger partial charge is 0.230 e. The highest BCUT2D eigenvalue weighted by molar-refractivity contribution is 7.99. The Hall–Kier alpha value is -1.70. The second-order valence-corrected chi connectivity index (χ2v) is 9.41. The Balaban J connectivity index is 1.63. The molecule has 1 aromatic carbocycles. The van der Waals surface area contributed by atoms with Gasteiger partial charge < -0.3 is 10.1 Å². The second-order valence-electron chi connectivity index (χ2n) is 7.62. The Bertz CT molecular complexity index is 898. The molecule has 0 radical (unpaired) electrons. The van der Waals surface area contributed by atoms with Gasteiger partial charge in [-0.2, -0.15) is 0 Å². The van der Waals surface area contributed by atoms with Gasteiger partial charge >= 0.3 is 0 Å². The van der Waals surface area contributed by atoms with Crippen molar-refractivity contribution in [2.75, 3.05) is 5.75 Å². The van der Waals surface area contributed by atoms with Crippen LogP contribution in [0.3, 0.4) is 0 Å². The van der Waals surface area contributed by atoms with E-state index in [-0.39, 0.29) is 11.9 Å². The molecule has 1 atom stereocenters. The molecule has 6 nitrogen and oxygen atoms in total. The molecule has 1 N–H and O–H groups in total. The predicted octanol–water partition coefficient (Wildman–Crippen LogP) is 5.84. The Labute approximate surface area is 197 Å². The van der Waals surface area contributed by atoms with Crippen molar-refractivity contribution in [2.45, 2.75) is 69.3 Å². The summed E-state index contributed by atoms with van der Waals surface area (Å²) in [5, 5.41) is 13.4. The van der Waals surface area contributed by atoms with Crippen LogP contribution in [0.5, 0.6) is 5.75 Å². The summed E-state index contributed by atoms with van der Waals surface area (Å²) >= 11 is 13.6. The van der Waals surface area contributed by atoms with E-state index in [0.29, 0.717) is 39.1 Å². The molecule has 1 heterocycles. The van der Waals surface area contributed by atoms with E-state index in [4.69, 9.17) is 27.9 Å². The summed E-state index contributed by atoms with van der Waals surface area (Å²) in [4.78, 5) is 12.5. The maximum absolute atomic E-state index is 12.5. The third-order valence-electron chi connectivity index (χ3n) is 5.17. The number of nitrogens with zero attached hydrogens (tertiary/aromatic N) is 3. The van der Waals surface area contributed by atoms with E-state index in [1.165, 1.54) is 37.4 Å². The van der Waals surface area contributed by atoms with E-state index >= 15 is 0 Å². The number of thioether (sulfide) groups is 1. The molecule has 3 rings (SSSR count). The van der Waals surface area contributed by atoms with Gasteiger partial charge in [-0.3, -0.25) is 9.36 Å². The van der Waals surface area contributed by atoms with Crippen LogP contribution in [0.15, 0.2) is 36.0 Å². The lowest BCUT2D eigenvalue weighted by Gasteiger charge is -2.17. The Morgan fingerprint density at radius 3 is 2.74 bits per heavy atom. The normalized spacial score (nSPS) is 15.8. The topological polar surface area (TPSA) is 69.0 Å². The zero-order chi connectivity index (χ0) is 22.2. The number of halogens is 2. The van der Waals surface area contributed by atoms with E-state index in [1.54, 1.807) is 24.3 Å². The number of ether oxygens (including phenoxy) is 1. The van der Waals surface area contributed by atoms with Gasteiger partial charge in [-0.25, -0.2) is 0 Å². The molecule has 1 fully saturated rings. The molecule has 31 heavy (non-hydrogen) atoms. The minimum absolute atomic E-state index is 0.0313. The van der Waals surface area contributed by atoms with Gasteiger partial charge in [-0.1, -0.05) is 66.7 Å². The predicted molar refractivity (Wildman–Crippen MR) is 126 cm³/mol. The van der Waals surface area contributed by atoms with Gasteiger partial charge in [0.2, 0.25) is 5.91 Å². The number of carbonyl (C=O) groups excluding carboxylic acids is 1. The van der Waals surface area contributed by atoms with Crippen molar-refractivity contribution in [2.24, 2.45) is 0 Å². The van der Waals surface area contributed by atoms with E-state index in [2.05, 4.69) is 22.1 Å². The molecule has 168 valence electrons. The van der Waals surface area contributed by atoms with E-state index < -0.39 is 6.10 Å². The molecule has 0 saturated heterocycles. The van der Waals surface area contributed by atoms with E-state index in [9.17, 15) is 4.79 Å². The van der Waals surface area contributed by atoms with Gasteiger partial charge in [0, 0.05) is 17.6 Å². The first-order valence-corrected chi connectivity index (χ1v) is 12.3. The largest absolute Gasteiger partial charge is 0.481 e. The standard InChI is InChI=1S/C22H28Cl2N4O2S/c1-3-12-28-21(15(2)30-19-11-10-16(23)13-18(19)24)26-27-22(28)31-14-20(29)25-17-8-6-4-5-7-9-17/h3,10-11,13,15,17H,1,4-9,12,14H2,2H3,(H,25,29). The summed E-state index contributed by atoms with van der Waals surface area (Å²) in [6, 6.07) is 5.37. The van der Waals surface area contributed by atoms with Gasteiger partial charge in [0.1, 0.15) is 5.75 Å². The molecule has 1 aliphatic rings. The van der Waals surface area contributed by atoms with Crippen molar-refractivity contribution in [3.8, 4) is 5.75 Å². The maximum Gasteiger partial charge on any atom is 0.230 e. The third-order valence-corrected chi connectivity index (χ3v) is 6.67. The fourth-order valence-corrected chi connectivity index (χ4v) is 4.86. The first-order chi connectivity index (χ1) is 15.0. The Morgan fingerprint density at radius 2 is 2.06 bits per heavy atom. The summed E-state index contributed by atoms with van der Waals surface area (Å²) < 4.78 is 7.90. The minimum atomic E-state index is -0.403. The van der Waals surface area contributed by atoms with Crippen molar-refractivity contribution < 1.29 is 9.53 Å². The van der Waals surface area contributed by atoms with E-state index in [1.807, 2.05) is 11.5 Å². The van der Waals surface area contributed by atoms with Crippen molar-refractivity contribution in [1.29, 1.82) is 0 Å². The molecular formula is C22H28Cl2N4O2S. The number of aromatic nitrogens is 3. The van der Waals surface area contributed by atoms with Crippen LogP contribution in [-0.4, -0.2) is 32.5 Å². The molecule has 0 bridgehead atoms. The molecule has 0 aliphatic heterocycles. The highest BCUT2D eigenvalue weighted by Gasteiger charge is 2.21. The number of carbonyl (C=O) groups is 1. The number of benzene rings is 1.